The van der Waals surface area contributed by atoms with Crippen LogP contribution in [0.15, 0.2) is 40.6 Å². The van der Waals surface area contributed by atoms with Gasteiger partial charge in [0.2, 0.25) is 10.0 Å². The van der Waals surface area contributed by atoms with Gasteiger partial charge in [-0.15, -0.1) is 11.3 Å². The Bertz CT molecular complexity index is 772. The normalized spacial score (nSPS) is 17.0. The summed E-state index contributed by atoms with van der Waals surface area (Å²) < 4.78 is 27.3. The maximum absolute atomic E-state index is 12.3. The van der Waals surface area contributed by atoms with Crippen molar-refractivity contribution in [3.05, 3.63) is 51.2 Å². The third kappa shape index (κ3) is 3.95. The number of sulfonamides is 1. The van der Waals surface area contributed by atoms with E-state index in [9.17, 15) is 8.42 Å². The Hall–Kier alpha value is -0.920. The smallest absolute Gasteiger partial charge is 0.240 e. The summed E-state index contributed by atoms with van der Waals surface area (Å²) in [6.45, 7) is 4.31. The molecule has 1 unspecified atom stereocenters. The van der Waals surface area contributed by atoms with Gasteiger partial charge in [-0.05, 0) is 54.6 Å². The summed E-state index contributed by atoms with van der Waals surface area (Å²) >= 11 is 7.61. The average molecular weight is 371 g/mol. The summed E-state index contributed by atoms with van der Waals surface area (Å²) in [7, 11) is -3.49. The minimum Gasteiger partial charge on any atom is -0.295 e. The molecular formula is C16H19ClN2O2S2. The molecular weight excluding hydrogens is 352 g/mol. The fourth-order valence-electron chi connectivity index (χ4n) is 2.70. The second-order valence-corrected chi connectivity index (χ2v) is 8.95. The molecule has 0 fully saturated rings. The van der Waals surface area contributed by atoms with E-state index in [-0.39, 0.29) is 10.9 Å². The first-order chi connectivity index (χ1) is 11.0. The molecule has 7 heteroatoms. The molecule has 4 nitrogen and oxygen atoms in total. The van der Waals surface area contributed by atoms with Crippen molar-refractivity contribution in [3.63, 3.8) is 0 Å². The van der Waals surface area contributed by atoms with Gasteiger partial charge in [0.15, 0.2) is 0 Å². The largest absolute Gasteiger partial charge is 0.295 e. The number of halogens is 1. The zero-order valence-electron chi connectivity index (χ0n) is 12.8. The van der Waals surface area contributed by atoms with Crippen LogP contribution in [0.5, 0.6) is 0 Å². The molecule has 124 valence electrons. The van der Waals surface area contributed by atoms with E-state index < -0.39 is 10.0 Å². The van der Waals surface area contributed by atoms with Crippen LogP contribution in [0.4, 0.5) is 0 Å². The van der Waals surface area contributed by atoms with E-state index in [1.165, 1.54) is 22.6 Å². The van der Waals surface area contributed by atoms with Crippen molar-refractivity contribution in [2.75, 3.05) is 13.1 Å². The Morgan fingerprint density at radius 1 is 1.30 bits per heavy atom. The van der Waals surface area contributed by atoms with Gasteiger partial charge in [-0.2, -0.15) is 0 Å². The summed E-state index contributed by atoms with van der Waals surface area (Å²) in [5.41, 5.74) is 1.37. The van der Waals surface area contributed by atoms with Crippen LogP contribution in [0, 0.1) is 0 Å². The molecule has 23 heavy (non-hydrogen) atoms. The van der Waals surface area contributed by atoms with Gasteiger partial charge < -0.3 is 0 Å². The SMILES string of the molecule is CC(CNS(=O)(=O)c1ccc(Cl)cc1)N1CCc2sccc2C1. The van der Waals surface area contributed by atoms with Gasteiger partial charge in [-0.1, -0.05) is 11.6 Å². The molecule has 0 bridgehead atoms. The molecule has 0 spiro atoms. The van der Waals surface area contributed by atoms with Gasteiger partial charge in [-0.3, -0.25) is 4.90 Å². The number of thiophene rings is 1. The molecule has 1 aliphatic rings. The van der Waals surface area contributed by atoms with Crippen molar-refractivity contribution in [2.24, 2.45) is 0 Å². The van der Waals surface area contributed by atoms with Crippen LogP contribution < -0.4 is 4.72 Å². The fourth-order valence-corrected chi connectivity index (χ4v) is 4.84. The Balaban J connectivity index is 1.60. The lowest BCUT2D eigenvalue weighted by atomic mass is 10.1. The van der Waals surface area contributed by atoms with E-state index in [2.05, 4.69) is 28.0 Å². The molecule has 0 saturated heterocycles. The van der Waals surface area contributed by atoms with E-state index >= 15 is 0 Å². The summed E-state index contributed by atoms with van der Waals surface area (Å²) in [6, 6.07) is 8.52. The van der Waals surface area contributed by atoms with E-state index in [4.69, 9.17) is 11.6 Å². The van der Waals surface area contributed by atoms with E-state index in [1.54, 1.807) is 23.5 Å². The van der Waals surface area contributed by atoms with Crippen molar-refractivity contribution < 1.29 is 8.42 Å². The highest BCUT2D eigenvalue weighted by molar-refractivity contribution is 7.89. The molecule has 1 atom stereocenters. The number of rotatable bonds is 5. The van der Waals surface area contributed by atoms with Crippen LogP contribution in [-0.4, -0.2) is 32.4 Å². The number of nitrogens with one attached hydrogen (secondary N) is 1. The van der Waals surface area contributed by atoms with Gasteiger partial charge in [0, 0.05) is 35.6 Å². The van der Waals surface area contributed by atoms with Crippen LogP contribution >= 0.6 is 22.9 Å². The first-order valence-electron chi connectivity index (χ1n) is 7.50. The topological polar surface area (TPSA) is 49.4 Å². The number of hydrogen-bond donors (Lipinski definition) is 1. The van der Waals surface area contributed by atoms with Crippen molar-refractivity contribution in [1.29, 1.82) is 0 Å². The standard InChI is InChI=1S/C16H19ClN2O2S2/c1-12(19-8-6-16-13(11-19)7-9-22-16)10-18-23(20,21)15-4-2-14(17)3-5-15/h2-5,7,9,12,18H,6,8,10-11H2,1H3. The molecule has 0 saturated carbocycles. The molecule has 1 aliphatic heterocycles. The zero-order valence-corrected chi connectivity index (χ0v) is 15.2. The molecule has 1 aromatic heterocycles. The van der Waals surface area contributed by atoms with Gasteiger partial charge in [-0.25, -0.2) is 13.1 Å². The molecule has 1 aromatic carbocycles. The highest BCUT2D eigenvalue weighted by atomic mass is 35.5. The maximum Gasteiger partial charge on any atom is 0.240 e. The minimum atomic E-state index is -3.49. The maximum atomic E-state index is 12.3. The van der Waals surface area contributed by atoms with Gasteiger partial charge in [0.05, 0.1) is 4.90 Å². The third-order valence-electron chi connectivity index (χ3n) is 4.15. The number of benzene rings is 1. The molecule has 0 aliphatic carbocycles. The molecule has 0 amide bonds. The first kappa shape index (κ1) is 16.9. The predicted molar refractivity (Wildman–Crippen MR) is 94.5 cm³/mol. The van der Waals surface area contributed by atoms with E-state index in [0.717, 1.165) is 19.5 Å². The zero-order chi connectivity index (χ0) is 16.4. The Kier molecular flexibility index (Phi) is 5.08. The molecule has 2 aromatic rings. The highest BCUT2D eigenvalue weighted by Gasteiger charge is 2.23. The predicted octanol–water partition coefficient (Wildman–Crippen LogP) is 3.13. The highest BCUT2D eigenvalue weighted by Crippen LogP contribution is 2.25. The summed E-state index contributed by atoms with van der Waals surface area (Å²) in [6.07, 6.45) is 1.04. The molecule has 1 N–H and O–H groups in total. The van der Waals surface area contributed by atoms with Crippen LogP contribution in [0.25, 0.3) is 0 Å². The van der Waals surface area contributed by atoms with Crippen molar-refractivity contribution in [1.82, 2.24) is 9.62 Å². The van der Waals surface area contributed by atoms with Gasteiger partial charge in [0.1, 0.15) is 0 Å². The fraction of sp³-hybridized carbons (Fsp3) is 0.375. The molecule has 0 radical (unpaired) electrons. The monoisotopic (exact) mass is 370 g/mol. The first-order valence-corrected chi connectivity index (χ1v) is 10.2. The molecule has 3 rings (SSSR count). The van der Waals surface area contributed by atoms with Crippen LogP contribution in [0.1, 0.15) is 17.4 Å². The van der Waals surface area contributed by atoms with Crippen molar-refractivity contribution in [2.45, 2.75) is 30.8 Å². The Morgan fingerprint density at radius 3 is 2.78 bits per heavy atom. The summed E-state index contributed by atoms with van der Waals surface area (Å²) in [5, 5.41) is 2.65. The summed E-state index contributed by atoms with van der Waals surface area (Å²) in [5.74, 6) is 0. The third-order valence-corrected chi connectivity index (χ3v) is 6.87. The Labute approximate surface area is 146 Å². The lowest BCUT2D eigenvalue weighted by Crippen LogP contribution is -2.44. The average Bonchev–Trinajstić information content (AvgIpc) is 3.00. The Morgan fingerprint density at radius 2 is 2.04 bits per heavy atom. The quantitative estimate of drug-likeness (QED) is 0.879. The van der Waals surface area contributed by atoms with Gasteiger partial charge >= 0.3 is 0 Å². The van der Waals surface area contributed by atoms with Crippen LogP contribution in [0.2, 0.25) is 5.02 Å². The van der Waals surface area contributed by atoms with E-state index in [1.807, 2.05) is 0 Å². The van der Waals surface area contributed by atoms with Crippen molar-refractivity contribution in [3.8, 4) is 0 Å². The number of fused-ring (bicyclic) bond motifs is 1. The van der Waals surface area contributed by atoms with Crippen LogP contribution in [0.3, 0.4) is 0 Å². The minimum absolute atomic E-state index is 0.144. The lowest BCUT2D eigenvalue weighted by molar-refractivity contribution is 0.193. The second-order valence-electron chi connectivity index (χ2n) is 5.74. The van der Waals surface area contributed by atoms with Crippen molar-refractivity contribution >= 4 is 33.0 Å². The van der Waals surface area contributed by atoms with Gasteiger partial charge in [0.25, 0.3) is 0 Å². The van der Waals surface area contributed by atoms with Crippen LogP contribution in [-0.2, 0) is 23.0 Å². The lowest BCUT2D eigenvalue weighted by Gasteiger charge is -2.32. The second kappa shape index (κ2) is 6.91. The molecule has 2 heterocycles. The van der Waals surface area contributed by atoms with E-state index in [0.29, 0.717) is 11.6 Å². The number of hydrogen-bond acceptors (Lipinski definition) is 4. The number of nitrogens with zero attached hydrogens (tertiary/aromatic N) is 1. The summed E-state index contributed by atoms with van der Waals surface area (Å²) in [4.78, 5) is 4.02.